The lowest BCUT2D eigenvalue weighted by atomic mass is 10.0. The fourth-order valence-electron chi connectivity index (χ4n) is 3.47. The van der Waals surface area contributed by atoms with Gasteiger partial charge in [0.2, 0.25) is 5.88 Å². The van der Waals surface area contributed by atoms with Gasteiger partial charge in [-0.05, 0) is 35.9 Å². The number of nitrogens with zero attached hydrogens (tertiary/aromatic N) is 3. The average molecular weight is 389 g/mol. The van der Waals surface area contributed by atoms with Crippen LogP contribution in [0.15, 0.2) is 67.1 Å². The van der Waals surface area contributed by atoms with Gasteiger partial charge in [0.25, 0.3) is 0 Å². The Labute approximate surface area is 167 Å². The zero-order valence-corrected chi connectivity index (χ0v) is 15.7. The Balaban J connectivity index is 1.39. The molecule has 0 bridgehead atoms. The van der Waals surface area contributed by atoms with Crippen LogP contribution >= 0.6 is 0 Å². The van der Waals surface area contributed by atoms with E-state index in [4.69, 9.17) is 14.2 Å². The molecule has 0 saturated carbocycles. The first-order chi connectivity index (χ1) is 14.2. The predicted molar refractivity (Wildman–Crippen MR) is 105 cm³/mol. The molecule has 4 heterocycles. The monoisotopic (exact) mass is 389 g/mol. The molecule has 4 aromatic rings. The van der Waals surface area contributed by atoms with Gasteiger partial charge in [0.1, 0.15) is 12.7 Å². The Morgan fingerprint density at radius 2 is 2.07 bits per heavy atom. The van der Waals surface area contributed by atoms with Crippen molar-refractivity contribution in [2.24, 2.45) is 0 Å². The number of pyridine rings is 2. The SMILES string of the molecule is COc1ccc(C2COc3cc(C(O)c4cnn5ccccc45)ccc3O2)cn1. The molecule has 7 heteroatoms. The van der Waals surface area contributed by atoms with E-state index in [1.807, 2.05) is 48.7 Å². The van der Waals surface area contributed by atoms with Gasteiger partial charge in [-0.1, -0.05) is 12.1 Å². The van der Waals surface area contributed by atoms with Crippen LogP contribution in [0.1, 0.15) is 28.9 Å². The molecular formula is C22H19N3O4. The third kappa shape index (κ3) is 3.15. The third-order valence-corrected chi connectivity index (χ3v) is 5.03. The topological polar surface area (TPSA) is 78.1 Å². The maximum absolute atomic E-state index is 10.9. The summed E-state index contributed by atoms with van der Waals surface area (Å²) in [5.74, 6) is 1.79. The minimum atomic E-state index is -0.813. The van der Waals surface area contributed by atoms with Gasteiger partial charge in [-0.3, -0.25) is 0 Å². The largest absolute Gasteiger partial charge is 0.485 e. The van der Waals surface area contributed by atoms with Crippen LogP contribution < -0.4 is 14.2 Å². The highest BCUT2D eigenvalue weighted by Crippen LogP contribution is 2.39. The maximum Gasteiger partial charge on any atom is 0.212 e. The molecule has 0 fully saturated rings. The smallest absolute Gasteiger partial charge is 0.212 e. The number of methoxy groups -OCH3 is 1. The van der Waals surface area contributed by atoms with E-state index in [2.05, 4.69) is 10.1 Å². The summed E-state index contributed by atoms with van der Waals surface area (Å²) < 4.78 is 18.8. The van der Waals surface area contributed by atoms with Crippen molar-refractivity contribution in [3.63, 3.8) is 0 Å². The van der Waals surface area contributed by atoms with Crippen molar-refractivity contribution >= 4 is 5.52 Å². The standard InChI is InChI=1S/C22H19N3O4/c1-27-21-8-6-15(11-23-21)20-13-28-19-10-14(5-7-18(19)29-20)22(26)16-12-24-25-9-3-2-4-17(16)25/h2-12,20,22,26H,13H2,1H3. The van der Waals surface area contributed by atoms with Gasteiger partial charge < -0.3 is 19.3 Å². The summed E-state index contributed by atoms with van der Waals surface area (Å²) in [5, 5.41) is 15.2. The lowest BCUT2D eigenvalue weighted by Crippen LogP contribution is -2.22. The number of hydrogen-bond donors (Lipinski definition) is 1. The van der Waals surface area contributed by atoms with Crippen LogP contribution in [-0.4, -0.2) is 33.4 Å². The summed E-state index contributed by atoms with van der Waals surface area (Å²) in [5.41, 5.74) is 3.23. The Morgan fingerprint density at radius 3 is 2.90 bits per heavy atom. The summed E-state index contributed by atoms with van der Waals surface area (Å²) in [6, 6.07) is 14.9. The minimum Gasteiger partial charge on any atom is -0.485 e. The van der Waals surface area contributed by atoms with Crippen molar-refractivity contribution in [2.45, 2.75) is 12.2 Å². The molecule has 0 amide bonds. The maximum atomic E-state index is 10.9. The molecule has 0 saturated heterocycles. The van der Waals surface area contributed by atoms with Gasteiger partial charge in [-0.2, -0.15) is 5.10 Å². The van der Waals surface area contributed by atoms with Crippen LogP contribution in [0.2, 0.25) is 0 Å². The fraction of sp³-hybridized carbons (Fsp3) is 0.182. The summed E-state index contributed by atoms with van der Waals surface area (Å²) in [7, 11) is 1.58. The van der Waals surface area contributed by atoms with Gasteiger partial charge in [0, 0.05) is 29.6 Å². The molecule has 146 valence electrons. The van der Waals surface area contributed by atoms with Crippen molar-refractivity contribution in [3.8, 4) is 17.4 Å². The van der Waals surface area contributed by atoms with E-state index in [0.717, 1.165) is 22.2 Å². The number of ether oxygens (including phenoxy) is 3. The Morgan fingerprint density at radius 1 is 1.14 bits per heavy atom. The minimum absolute atomic E-state index is 0.253. The quantitative estimate of drug-likeness (QED) is 0.577. The van der Waals surface area contributed by atoms with E-state index in [9.17, 15) is 5.11 Å². The molecule has 0 spiro atoms. The molecule has 1 aliphatic rings. The summed E-state index contributed by atoms with van der Waals surface area (Å²) in [4.78, 5) is 4.22. The molecule has 0 radical (unpaired) electrons. The average Bonchev–Trinajstić information content (AvgIpc) is 3.22. The normalized spacial score (nSPS) is 16.6. The molecule has 1 aromatic carbocycles. The van der Waals surface area contributed by atoms with Crippen LogP contribution in [0.3, 0.4) is 0 Å². The van der Waals surface area contributed by atoms with Gasteiger partial charge in [-0.25, -0.2) is 9.50 Å². The molecule has 1 N–H and O–H groups in total. The summed E-state index contributed by atoms with van der Waals surface area (Å²) in [6.07, 6.45) is 4.19. The van der Waals surface area contributed by atoms with E-state index < -0.39 is 6.10 Å². The second-order valence-corrected chi connectivity index (χ2v) is 6.79. The Kier molecular flexibility index (Phi) is 4.29. The van der Waals surface area contributed by atoms with Gasteiger partial charge in [0.15, 0.2) is 17.6 Å². The number of rotatable bonds is 4. The second kappa shape index (κ2) is 7.10. The predicted octanol–water partition coefficient (Wildman–Crippen LogP) is 3.33. The van der Waals surface area contributed by atoms with Crippen molar-refractivity contribution < 1.29 is 19.3 Å². The summed E-state index contributed by atoms with van der Waals surface area (Å²) >= 11 is 0. The lowest BCUT2D eigenvalue weighted by molar-refractivity contribution is 0.0904. The second-order valence-electron chi connectivity index (χ2n) is 6.79. The number of fused-ring (bicyclic) bond motifs is 2. The van der Waals surface area contributed by atoms with E-state index in [1.54, 1.807) is 30.1 Å². The molecule has 7 nitrogen and oxygen atoms in total. The molecule has 1 aliphatic heterocycles. The number of aliphatic hydroxyl groups is 1. The van der Waals surface area contributed by atoms with Gasteiger partial charge >= 0.3 is 0 Å². The highest BCUT2D eigenvalue weighted by atomic mass is 16.6. The Bertz CT molecular complexity index is 1160. The lowest BCUT2D eigenvalue weighted by Gasteiger charge is -2.27. The number of aromatic nitrogens is 3. The van der Waals surface area contributed by atoms with Crippen LogP contribution in [0, 0.1) is 0 Å². The number of hydrogen-bond acceptors (Lipinski definition) is 6. The van der Waals surface area contributed by atoms with Crippen LogP contribution in [-0.2, 0) is 0 Å². The highest BCUT2D eigenvalue weighted by Gasteiger charge is 2.25. The molecular weight excluding hydrogens is 370 g/mol. The molecule has 2 atom stereocenters. The Hall–Kier alpha value is -3.58. The number of benzene rings is 1. The molecule has 3 aromatic heterocycles. The van der Waals surface area contributed by atoms with Crippen LogP contribution in [0.25, 0.3) is 5.52 Å². The van der Waals surface area contributed by atoms with E-state index in [1.165, 1.54) is 0 Å². The van der Waals surface area contributed by atoms with Gasteiger partial charge in [0.05, 0.1) is 18.8 Å². The van der Waals surface area contributed by atoms with E-state index >= 15 is 0 Å². The molecule has 0 aliphatic carbocycles. The van der Waals surface area contributed by atoms with E-state index in [-0.39, 0.29) is 6.10 Å². The first kappa shape index (κ1) is 17.5. The molecule has 5 rings (SSSR count). The molecule has 29 heavy (non-hydrogen) atoms. The van der Waals surface area contributed by atoms with Gasteiger partial charge in [-0.15, -0.1) is 0 Å². The number of aliphatic hydroxyl groups excluding tert-OH is 1. The fourth-order valence-corrected chi connectivity index (χ4v) is 3.47. The van der Waals surface area contributed by atoms with Crippen molar-refractivity contribution in [2.75, 3.05) is 13.7 Å². The molecule has 2 unspecified atom stereocenters. The van der Waals surface area contributed by atoms with Crippen molar-refractivity contribution in [3.05, 3.63) is 83.8 Å². The zero-order chi connectivity index (χ0) is 19.8. The first-order valence-electron chi connectivity index (χ1n) is 9.26. The van der Waals surface area contributed by atoms with Crippen LogP contribution in [0.5, 0.6) is 17.4 Å². The first-order valence-corrected chi connectivity index (χ1v) is 9.26. The van der Waals surface area contributed by atoms with Crippen LogP contribution in [0.4, 0.5) is 0 Å². The van der Waals surface area contributed by atoms with Crippen molar-refractivity contribution in [1.82, 2.24) is 14.6 Å². The van der Waals surface area contributed by atoms with Crippen molar-refractivity contribution in [1.29, 1.82) is 0 Å². The highest BCUT2D eigenvalue weighted by molar-refractivity contribution is 5.57. The van der Waals surface area contributed by atoms with E-state index in [0.29, 0.717) is 24.0 Å². The summed E-state index contributed by atoms with van der Waals surface area (Å²) in [6.45, 7) is 0.358. The zero-order valence-electron chi connectivity index (χ0n) is 15.7. The third-order valence-electron chi connectivity index (χ3n) is 5.03.